The summed E-state index contributed by atoms with van der Waals surface area (Å²) < 4.78 is 4.68. The normalized spacial score (nSPS) is 17.5. The standard InChI is InChI=1S/C11H16N2O3/c1-2-16-11(15)9(7-12)13-10(14)8-5-3-4-6-8/h8-9H,2-6H2,1H3,(H,13,14)/t9-/m0/s1. The second-order valence-corrected chi connectivity index (χ2v) is 3.80. The van der Waals surface area contributed by atoms with Gasteiger partial charge in [-0.2, -0.15) is 5.26 Å². The molecule has 5 nitrogen and oxygen atoms in total. The minimum atomic E-state index is -1.17. The van der Waals surface area contributed by atoms with Crippen LogP contribution in [-0.4, -0.2) is 24.5 Å². The molecule has 1 aliphatic carbocycles. The van der Waals surface area contributed by atoms with Gasteiger partial charge < -0.3 is 10.1 Å². The van der Waals surface area contributed by atoms with Crippen LogP contribution in [-0.2, 0) is 14.3 Å². The van der Waals surface area contributed by atoms with Crippen molar-refractivity contribution in [3.05, 3.63) is 0 Å². The molecule has 0 aromatic carbocycles. The Labute approximate surface area is 94.8 Å². The van der Waals surface area contributed by atoms with Crippen LogP contribution in [0, 0.1) is 17.2 Å². The lowest BCUT2D eigenvalue weighted by molar-refractivity contribution is -0.146. The van der Waals surface area contributed by atoms with Gasteiger partial charge in [-0.15, -0.1) is 0 Å². The number of amides is 1. The Morgan fingerprint density at radius 3 is 2.62 bits per heavy atom. The van der Waals surface area contributed by atoms with E-state index >= 15 is 0 Å². The van der Waals surface area contributed by atoms with Crippen LogP contribution in [0.15, 0.2) is 0 Å². The summed E-state index contributed by atoms with van der Waals surface area (Å²) in [4.78, 5) is 22.9. The van der Waals surface area contributed by atoms with Crippen LogP contribution in [0.5, 0.6) is 0 Å². The van der Waals surface area contributed by atoms with Crippen molar-refractivity contribution in [2.24, 2.45) is 5.92 Å². The summed E-state index contributed by atoms with van der Waals surface area (Å²) in [6.45, 7) is 1.86. The quantitative estimate of drug-likeness (QED) is 0.714. The van der Waals surface area contributed by atoms with Gasteiger partial charge in [-0.1, -0.05) is 12.8 Å². The molecule has 1 aliphatic rings. The molecule has 0 unspecified atom stereocenters. The predicted octanol–water partition coefficient (Wildman–Crippen LogP) is 0.748. The minimum absolute atomic E-state index is 0.0507. The number of nitrogens with zero attached hydrogens (tertiary/aromatic N) is 1. The minimum Gasteiger partial charge on any atom is -0.464 e. The molecule has 0 spiro atoms. The van der Waals surface area contributed by atoms with E-state index in [-0.39, 0.29) is 18.4 Å². The van der Waals surface area contributed by atoms with Crippen molar-refractivity contribution in [3.8, 4) is 6.07 Å². The zero-order chi connectivity index (χ0) is 12.0. The highest BCUT2D eigenvalue weighted by Crippen LogP contribution is 2.24. The maximum absolute atomic E-state index is 11.7. The Morgan fingerprint density at radius 2 is 2.12 bits per heavy atom. The largest absolute Gasteiger partial charge is 0.464 e. The molecule has 16 heavy (non-hydrogen) atoms. The van der Waals surface area contributed by atoms with Gasteiger partial charge in [0.05, 0.1) is 12.7 Å². The molecule has 0 bridgehead atoms. The van der Waals surface area contributed by atoms with E-state index in [0.29, 0.717) is 0 Å². The summed E-state index contributed by atoms with van der Waals surface area (Å²) in [5.41, 5.74) is 0. The first-order valence-corrected chi connectivity index (χ1v) is 5.55. The summed E-state index contributed by atoms with van der Waals surface area (Å²) in [6.07, 6.45) is 3.75. The molecule has 0 aromatic rings. The fraction of sp³-hybridized carbons (Fsp3) is 0.727. The molecule has 0 radical (unpaired) electrons. The third-order valence-corrected chi connectivity index (χ3v) is 2.66. The Kier molecular flexibility index (Phi) is 4.77. The zero-order valence-corrected chi connectivity index (χ0v) is 9.36. The van der Waals surface area contributed by atoms with Crippen LogP contribution in [0.2, 0.25) is 0 Å². The number of carbonyl (C=O) groups excluding carboxylic acids is 2. The second-order valence-electron chi connectivity index (χ2n) is 3.80. The number of carbonyl (C=O) groups is 2. The van der Waals surface area contributed by atoms with Crippen molar-refractivity contribution in [2.45, 2.75) is 38.6 Å². The lowest BCUT2D eigenvalue weighted by atomic mass is 10.1. The summed E-state index contributed by atoms with van der Waals surface area (Å²) in [6, 6.07) is 0.561. The molecule has 1 amide bonds. The fourth-order valence-electron chi connectivity index (χ4n) is 1.82. The van der Waals surface area contributed by atoms with Gasteiger partial charge in [0, 0.05) is 5.92 Å². The highest BCUT2D eigenvalue weighted by atomic mass is 16.5. The van der Waals surface area contributed by atoms with Gasteiger partial charge in [0.25, 0.3) is 0 Å². The summed E-state index contributed by atoms with van der Waals surface area (Å²) in [5.74, 6) is -0.946. The number of nitrogens with one attached hydrogen (secondary N) is 1. The Bertz CT molecular complexity index is 303. The van der Waals surface area contributed by atoms with E-state index in [0.717, 1.165) is 25.7 Å². The van der Waals surface area contributed by atoms with Gasteiger partial charge in [-0.25, -0.2) is 4.79 Å². The summed E-state index contributed by atoms with van der Waals surface area (Å²) >= 11 is 0. The van der Waals surface area contributed by atoms with Gasteiger partial charge in [0.15, 0.2) is 0 Å². The summed E-state index contributed by atoms with van der Waals surface area (Å²) in [5, 5.41) is 11.2. The van der Waals surface area contributed by atoms with E-state index in [1.807, 2.05) is 0 Å². The first-order chi connectivity index (χ1) is 7.69. The van der Waals surface area contributed by atoms with Crippen molar-refractivity contribution >= 4 is 11.9 Å². The lowest BCUT2D eigenvalue weighted by Crippen LogP contribution is -2.43. The predicted molar refractivity (Wildman–Crippen MR) is 56.1 cm³/mol. The first-order valence-electron chi connectivity index (χ1n) is 5.55. The maximum atomic E-state index is 11.7. The number of hydrogen-bond donors (Lipinski definition) is 1. The Morgan fingerprint density at radius 1 is 1.50 bits per heavy atom. The van der Waals surface area contributed by atoms with Crippen molar-refractivity contribution in [2.75, 3.05) is 6.61 Å². The average molecular weight is 224 g/mol. The average Bonchev–Trinajstić information content (AvgIpc) is 2.79. The van der Waals surface area contributed by atoms with E-state index < -0.39 is 12.0 Å². The molecule has 1 fully saturated rings. The molecule has 1 N–H and O–H groups in total. The molecule has 1 atom stereocenters. The molecule has 0 saturated heterocycles. The topological polar surface area (TPSA) is 79.2 Å². The van der Waals surface area contributed by atoms with Crippen LogP contribution < -0.4 is 5.32 Å². The highest BCUT2D eigenvalue weighted by molar-refractivity contribution is 5.87. The van der Waals surface area contributed by atoms with Crippen molar-refractivity contribution in [1.29, 1.82) is 5.26 Å². The van der Waals surface area contributed by atoms with Crippen LogP contribution in [0.4, 0.5) is 0 Å². The van der Waals surface area contributed by atoms with Crippen molar-refractivity contribution in [3.63, 3.8) is 0 Å². The third kappa shape index (κ3) is 3.23. The summed E-state index contributed by atoms with van der Waals surface area (Å²) in [7, 11) is 0. The lowest BCUT2D eigenvalue weighted by Gasteiger charge is -2.13. The van der Waals surface area contributed by atoms with Gasteiger partial charge >= 0.3 is 5.97 Å². The molecule has 1 saturated carbocycles. The monoisotopic (exact) mass is 224 g/mol. The molecular weight excluding hydrogens is 208 g/mol. The van der Waals surface area contributed by atoms with Crippen LogP contribution in [0.25, 0.3) is 0 Å². The number of hydrogen-bond acceptors (Lipinski definition) is 4. The molecule has 1 rings (SSSR count). The molecule has 5 heteroatoms. The second kappa shape index (κ2) is 6.11. The van der Waals surface area contributed by atoms with Crippen LogP contribution >= 0.6 is 0 Å². The number of ether oxygens (including phenoxy) is 1. The van der Waals surface area contributed by atoms with E-state index in [1.165, 1.54) is 0 Å². The number of esters is 1. The van der Waals surface area contributed by atoms with E-state index in [4.69, 9.17) is 5.26 Å². The van der Waals surface area contributed by atoms with Gasteiger partial charge in [-0.3, -0.25) is 4.79 Å². The van der Waals surface area contributed by atoms with Crippen molar-refractivity contribution < 1.29 is 14.3 Å². The van der Waals surface area contributed by atoms with Gasteiger partial charge in [-0.05, 0) is 19.8 Å². The Hall–Kier alpha value is -1.57. The maximum Gasteiger partial charge on any atom is 0.343 e. The van der Waals surface area contributed by atoms with Crippen LogP contribution in [0.3, 0.4) is 0 Å². The number of nitriles is 1. The fourth-order valence-corrected chi connectivity index (χ4v) is 1.82. The first kappa shape index (κ1) is 12.5. The van der Waals surface area contributed by atoms with Crippen molar-refractivity contribution in [1.82, 2.24) is 5.32 Å². The third-order valence-electron chi connectivity index (χ3n) is 2.66. The van der Waals surface area contributed by atoms with Crippen LogP contribution in [0.1, 0.15) is 32.6 Å². The molecule has 0 aromatic heterocycles. The SMILES string of the molecule is CCOC(=O)[C@H](C#N)NC(=O)C1CCCC1. The van der Waals surface area contributed by atoms with E-state index in [2.05, 4.69) is 10.1 Å². The Balaban J connectivity index is 2.46. The smallest absolute Gasteiger partial charge is 0.343 e. The molecule has 88 valence electrons. The van der Waals surface area contributed by atoms with Gasteiger partial charge in [0.2, 0.25) is 11.9 Å². The van der Waals surface area contributed by atoms with E-state index in [9.17, 15) is 9.59 Å². The molecule has 0 heterocycles. The zero-order valence-electron chi connectivity index (χ0n) is 9.36. The molecular formula is C11H16N2O3. The molecule has 0 aliphatic heterocycles. The van der Waals surface area contributed by atoms with E-state index in [1.54, 1.807) is 13.0 Å². The number of rotatable bonds is 4. The highest BCUT2D eigenvalue weighted by Gasteiger charge is 2.27. The van der Waals surface area contributed by atoms with Gasteiger partial charge in [0.1, 0.15) is 0 Å².